The van der Waals surface area contributed by atoms with E-state index in [0.717, 1.165) is 17.1 Å². The van der Waals surface area contributed by atoms with Gasteiger partial charge in [-0.1, -0.05) is 11.6 Å². The van der Waals surface area contributed by atoms with Gasteiger partial charge in [-0.25, -0.2) is 9.67 Å². The summed E-state index contributed by atoms with van der Waals surface area (Å²) in [5, 5.41) is 4.92. The minimum atomic E-state index is 0.696. The summed E-state index contributed by atoms with van der Waals surface area (Å²) in [5.74, 6) is 0.755. The Hall–Kier alpha value is -2.20. The Morgan fingerprint density at radius 2 is 1.89 bits per heavy atom. The number of benzene rings is 1. The fraction of sp³-hybridized carbons (Fsp3) is 0. The van der Waals surface area contributed by atoms with Crippen molar-refractivity contribution in [3.05, 3.63) is 60.1 Å². The number of halogens is 1. The molecule has 0 saturated heterocycles. The zero-order valence-corrected chi connectivity index (χ0v) is 10.1. The molecule has 2 heterocycles. The first kappa shape index (κ1) is 10.9. The molecule has 0 fully saturated rings. The third-order valence-corrected chi connectivity index (χ3v) is 2.79. The van der Waals surface area contributed by atoms with Crippen LogP contribution < -0.4 is 0 Å². The molecule has 0 aliphatic carbocycles. The van der Waals surface area contributed by atoms with Crippen LogP contribution in [0.2, 0.25) is 5.02 Å². The second kappa shape index (κ2) is 4.58. The normalized spacial score (nSPS) is 10.5. The molecule has 0 spiro atoms. The van der Waals surface area contributed by atoms with Crippen LogP contribution in [0.4, 0.5) is 0 Å². The van der Waals surface area contributed by atoms with E-state index < -0.39 is 0 Å². The predicted molar refractivity (Wildman–Crippen MR) is 69.6 cm³/mol. The Morgan fingerprint density at radius 1 is 1.06 bits per heavy atom. The molecule has 1 aromatic carbocycles. The highest BCUT2D eigenvalue weighted by Gasteiger charge is 2.08. The molecule has 0 saturated carbocycles. The minimum absolute atomic E-state index is 0.696. The van der Waals surface area contributed by atoms with Crippen LogP contribution in [-0.4, -0.2) is 19.7 Å². The lowest BCUT2D eigenvalue weighted by molar-refractivity contribution is 0.886. The summed E-state index contributed by atoms with van der Waals surface area (Å²) < 4.78 is 1.76. The van der Waals surface area contributed by atoms with Gasteiger partial charge in [0.05, 0.1) is 5.69 Å². The Balaban J connectivity index is 2.10. The molecule has 88 valence electrons. The van der Waals surface area contributed by atoms with Crippen LogP contribution in [0.15, 0.2) is 55.1 Å². The number of aromatic nitrogens is 4. The number of hydrogen-bond acceptors (Lipinski definition) is 3. The van der Waals surface area contributed by atoms with Crippen LogP contribution in [0, 0.1) is 0 Å². The van der Waals surface area contributed by atoms with Gasteiger partial charge in [0, 0.05) is 23.0 Å². The van der Waals surface area contributed by atoms with Crippen molar-refractivity contribution in [2.24, 2.45) is 0 Å². The monoisotopic (exact) mass is 256 g/mol. The van der Waals surface area contributed by atoms with Crippen molar-refractivity contribution in [1.29, 1.82) is 0 Å². The zero-order chi connectivity index (χ0) is 12.4. The zero-order valence-electron chi connectivity index (χ0n) is 9.36. The van der Waals surface area contributed by atoms with Crippen LogP contribution in [0.5, 0.6) is 0 Å². The topological polar surface area (TPSA) is 43.6 Å². The molecule has 0 bridgehead atoms. The van der Waals surface area contributed by atoms with Crippen molar-refractivity contribution in [2.75, 3.05) is 0 Å². The van der Waals surface area contributed by atoms with E-state index in [1.165, 1.54) is 6.33 Å². The van der Waals surface area contributed by atoms with Crippen LogP contribution in [0.25, 0.3) is 17.1 Å². The first-order chi connectivity index (χ1) is 8.84. The average molecular weight is 257 g/mol. The van der Waals surface area contributed by atoms with E-state index in [-0.39, 0.29) is 0 Å². The highest BCUT2D eigenvalue weighted by atomic mass is 35.5. The van der Waals surface area contributed by atoms with Crippen molar-refractivity contribution < 1.29 is 0 Å². The quantitative estimate of drug-likeness (QED) is 0.708. The van der Waals surface area contributed by atoms with Crippen molar-refractivity contribution in [3.8, 4) is 17.1 Å². The molecular weight excluding hydrogens is 248 g/mol. The fourth-order valence-electron chi connectivity index (χ4n) is 1.70. The van der Waals surface area contributed by atoms with Gasteiger partial charge in [-0.2, -0.15) is 5.10 Å². The maximum atomic E-state index is 5.87. The summed E-state index contributed by atoms with van der Waals surface area (Å²) in [6.07, 6.45) is 5.01. The molecule has 0 atom stereocenters. The van der Waals surface area contributed by atoms with E-state index >= 15 is 0 Å². The lowest BCUT2D eigenvalue weighted by Crippen LogP contribution is -1.99. The van der Waals surface area contributed by atoms with E-state index in [0.29, 0.717) is 5.02 Å². The van der Waals surface area contributed by atoms with Crippen molar-refractivity contribution in [1.82, 2.24) is 19.7 Å². The van der Waals surface area contributed by atoms with Gasteiger partial charge in [-0.15, -0.1) is 0 Å². The number of hydrogen-bond donors (Lipinski definition) is 0. The molecule has 0 aliphatic rings. The van der Waals surface area contributed by atoms with E-state index in [1.54, 1.807) is 17.1 Å². The molecule has 0 aliphatic heterocycles. The summed E-state index contributed by atoms with van der Waals surface area (Å²) >= 11 is 5.87. The maximum absolute atomic E-state index is 5.87. The Labute approximate surface area is 109 Å². The summed E-state index contributed by atoms with van der Waals surface area (Å²) in [7, 11) is 0. The summed E-state index contributed by atoms with van der Waals surface area (Å²) in [6, 6.07) is 11.3. The number of nitrogens with zero attached hydrogens (tertiary/aromatic N) is 4. The Morgan fingerprint density at radius 3 is 2.61 bits per heavy atom. The highest BCUT2D eigenvalue weighted by Crippen LogP contribution is 2.20. The second-order valence-corrected chi connectivity index (χ2v) is 4.15. The SMILES string of the molecule is Clc1ccc(-n2ncnc2-c2cccnc2)cc1. The molecule has 0 N–H and O–H groups in total. The number of pyridine rings is 1. The molecular formula is C13H9ClN4. The van der Waals surface area contributed by atoms with Gasteiger partial charge >= 0.3 is 0 Å². The lowest BCUT2D eigenvalue weighted by atomic mass is 10.2. The van der Waals surface area contributed by atoms with Crippen molar-refractivity contribution >= 4 is 11.6 Å². The van der Waals surface area contributed by atoms with Gasteiger partial charge in [0.15, 0.2) is 5.82 Å². The first-order valence-corrected chi connectivity index (χ1v) is 5.79. The lowest BCUT2D eigenvalue weighted by Gasteiger charge is -2.05. The highest BCUT2D eigenvalue weighted by molar-refractivity contribution is 6.30. The van der Waals surface area contributed by atoms with Gasteiger partial charge < -0.3 is 0 Å². The summed E-state index contributed by atoms with van der Waals surface area (Å²) in [6.45, 7) is 0. The third-order valence-electron chi connectivity index (χ3n) is 2.54. The Kier molecular flexibility index (Phi) is 2.78. The van der Waals surface area contributed by atoms with E-state index in [9.17, 15) is 0 Å². The van der Waals surface area contributed by atoms with Crippen molar-refractivity contribution in [3.63, 3.8) is 0 Å². The van der Waals surface area contributed by atoms with Gasteiger partial charge in [0.2, 0.25) is 0 Å². The van der Waals surface area contributed by atoms with E-state index in [1.807, 2.05) is 36.4 Å². The van der Waals surface area contributed by atoms with E-state index in [4.69, 9.17) is 11.6 Å². The smallest absolute Gasteiger partial charge is 0.164 e. The van der Waals surface area contributed by atoms with Gasteiger partial charge in [0.25, 0.3) is 0 Å². The van der Waals surface area contributed by atoms with Gasteiger partial charge in [0.1, 0.15) is 6.33 Å². The minimum Gasteiger partial charge on any atom is -0.264 e. The molecule has 2 aromatic heterocycles. The molecule has 18 heavy (non-hydrogen) atoms. The average Bonchev–Trinajstić information content (AvgIpc) is 2.90. The third kappa shape index (κ3) is 1.98. The largest absolute Gasteiger partial charge is 0.264 e. The second-order valence-electron chi connectivity index (χ2n) is 3.71. The molecule has 3 aromatic rings. The molecule has 5 heteroatoms. The number of rotatable bonds is 2. The maximum Gasteiger partial charge on any atom is 0.164 e. The van der Waals surface area contributed by atoms with Crippen molar-refractivity contribution in [2.45, 2.75) is 0 Å². The van der Waals surface area contributed by atoms with Gasteiger partial charge in [-0.3, -0.25) is 4.98 Å². The first-order valence-electron chi connectivity index (χ1n) is 5.41. The van der Waals surface area contributed by atoms with Gasteiger partial charge in [-0.05, 0) is 36.4 Å². The fourth-order valence-corrected chi connectivity index (χ4v) is 1.83. The molecule has 4 nitrogen and oxygen atoms in total. The summed E-state index contributed by atoms with van der Waals surface area (Å²) in [5.41, 5.74) is 1.83. The van der Waals surface area contributed by atoms with Crippen LogP contribution in [-0.2, 0) is 0 Å². The molecule has 3 rings (SSSR count). The van der Waals surface area contributed by atoms with Crippen LogP contribution in [0.3, 0.4) is 0 Å². The summed E-state index contributed by atoms with van der Waals surface area (Å²) in [4.78, 5) is 8.35. The molecule has 0 amide bonds. The predicted octanol–water partition coefficient (Wildman–Crippen LogP) is 2.98. The van der Waals surface area contributed by atoms with Crippen LogP contribution >= 0.6 is 11.6 Å². The molecule has 0 unspecified atom stereocenters. The Bertz CT molecular complexity index is 646. The molecule has 0 radical (unpaired) electrons. The van der Waals surface area contributed by atoms with Crippen LogP contribution in [0.1, 0.15) is 0 Å². The van der Waals surface area contributed by atoms with E-state index in [2.05, 4.69) is 15.1 Å². The standard InChI is InChI=1S/C13H9ClN4/c14-11-3-5-12(6-4-11)18-13(16-9-17-18)10-2-1-7-15-8-10/h1-9H.